The van der Waals surface area contributed by atoms with Gasteiger partial charge in [0.15, 0.2) is 5.82 Å². The molecular formula is C17H16N4O2. The molecule has 0 aliphatic rings. The lowest BCUT2D eigenvalue weighted by Crippen LogP contribution is -2.30. The van der Waals surface area contributed by atoms with Crippen LogP contribution < -0.4 is 16.0 Å². The Kier molecular flexibility index (Phi) is 3.97. The third-order valence-electron chi connectivity index (χ3n) is 3.23. The molecule has 3 N–H and O–H groups in total. The fourth-order valence-electron chi connectivity index (χ4n) is 2.17. The van der Waals surface area contributed by atoms with Gasteiger partial charge in [-0.2, -0.15) is 0 Å². The number of rotatable bonds is 3. The SMILES string of the molecule is Cc1cc(NC(=O)N(c2ccccc2)c2ccc(N)cc2)no1. The summed E-state index contributed by atoms with van der Waals surface area (Å²) >= 11 is 0. The number of aromatic nitrogens is 1. The number of urea groups is 1. The smallest absolute Gasteiger partial charge is 0.332 e. The van der Waals surface area contributed by atoms with E-state index in [9.17, 15) is 4.79 Å². The van der Waals surface area contributed by atoms with E-state index < -0.39 is 0 Å². The molecule has 0 spiro atoms. The highest BCUT2D eigenvalue weighted by Crippen LogP contribution is 2.27. The lowest BCUT2D eigenvalue weighted by Gasteiger charge is -2.22. The molecule has 6 heteroatoms. The number of hydrogen-bond acceptors (Lipinski definition) is 4. The number of nitrogens with two attached hydrogens (primary N) is 1. The lowest BCUT2D eigenvalue weighted by molar-refractivity contribution is 0.258. The van der Waals surface area contributed by atoms with E-state index in [0.29, 0.717) is 23.0 Å². The predicted octanol–water partition coefficient (Wildman–Crippen LogP) is 3.94. The van der Waals surface area contributed by atoms with Gasteiger partial charge in [-0.05, 0) is 43.3 Å². The van der Waals surface area contributed by atoms with Crippen LogP contribution in [0.5, 0.6) is 0 Å². The molecule has 1 aromatic heterocycles. The average Bonchev–Trinajstić information content (AvgIpc) is 2.95. The zero-order valence-corrected chi connectivity index (χ0v) is 12.6. The van der Waals surface area contributed by atoms with Crippen LogP contribution >= 0.6 is 0 Å². The third-order valence-corrected chi connectivity index (χ3v) is 3.23. The summed E-state index contributed by atoms with van der Waals surface area (Å²) in [5.74, 6) is 0.989. The van der Waals surface area contributed by atoms with Gasteiger partial charge in [0.2, 0.25) is 0 Å². The van der Waals surface area contributed by atoms with Crippen molar-refractivity contribution < 1.29 is 9.32 Å². The first-order valence-electron chi connectivity index (χ1n) is 7.08. The maximum atomic E-state index is 12.7. The second-order valence-electron chi connectivity index (χ2n) is 5.02. The highest BCUT2D eigenvalue weighted by Gasteiger charge is 2.19. The summed E-state index contributed by atoms with van der Waals surface area (Å²) in [7, 11) is 0. The van der Waals surface area contributed by atoms with Gasteiger partial charge in [-0.1, -0.05) is 23.4 Å². The van der Waals surface area contributed by atoms with E-state index in [-0.39, 0.29) is 6.03 Å². The number of nitrogens with zero attached hydrogens (tertiary/aromatic N) is 2. The van der Waals surface area contributed by atoms with Crippen LogP contribution in [0.1, 0.15) is 5.76 Å². The fraction of sp³-hybridized carbons (Fsp3) is 0.0588. The molecule has 6 nitrogen and oxygen atoms in total. The Morgan fingerprint density at radius 2 is 1.74 bits per heavy atom. The van der Waals surface area contributed by atoms with Gasteiger partial charge in [-0.15, -0.1) is 0 Å². The topological polar surface area (TPSA) is 84.4 Å². The molecule has 0 saturated carbocycles. The van der Waals surface area contributed by atoms with E-state index in [1.165, 1.54) is 0 Å². The highest BCUT2D eigenvalue weighted by atomic mass is 16.5. The molecule has 23 heavy (non-hydrogen) atoms. The number of carbonyl (C=O) groups is 1. The normalized spacial score (nSPS) is 10.3. The van der Waals surface area contributed by atoms with Crippen molar-refractivity contribution in [2.24, 2.45) is 0 Å². The Hall–Kier alpha value is -3.28. The van der Waals surface area contributed by atoms with Gasteiger partial charge in [-0.3, -0.25) is 10.2 Å². The fourth-order valence-corrected chi connectivity index (χ4v) is 2.17. The number of benzene rings is 2. The molecule has 2 aromatic carbocycles. The van der Waals surface area contributed by atoms with Crippen molar-refractivity contribution in [3.05, 3.63) is 66.4 Å². The van der Waals surface area contributed by atoms with E-state index in [1.54, 1.807) is 42.2 Å². The molecule has 3 aromatic rings. The van der Waals surface area contributed by atoms with Crippen LogP contribution in [-0.4, -0.2) is 11.2 Å². The summed E-state index contributed by atoms with van der Waals surface area (Å²) in [5.41, 5.74) is 7.79. The van der Waals surface area contributed by atoms with Gasteiger partial charge in [0, 0.05) is 11.8 Å². The Bertz CT molecular complexity index is 797. The van der Waals surface area contributed by atoms with Crippen LogP contribution in [0.15, 0.2) is 65.2 Å². The maximum absolute atomic E-state index is 12.7. The van der Waals surface area contributed by atoms with Crippen molar-refractivity contribution in [2.45, 2.75) is 6.92 Å². The highest BCUT2D eigenvalue weighted by molar-refractivity contribution is 6.06. The van der Waals surface area contributed by atoms with Gasteiger partial charge in [0.1, 0.15) is 5.76 Å². The van der Waals surface area contributed by atoms with Crippen LogP contribution in [0, 0.1) is 6.92 Å². The summed E-state index contributed by atoms with van der Waals surface area (Å²) in [6.45, 7) is 1.76. The standard InChI is InChI=1S/C17H16N4O2/c1-12-11-16(20-23-12)19-17(22)21(14-5-3-2-4-6-14)15-9-7-13(18)8-10-15/h2-11H,18H2,1H3,(H,19,20,22). The minimum absolute atomic E-state index is 0.339. The number of nitrogens with one attached hydrogen (secondary N) is 1. The van der Waals surface area contributed by atoms with Crippen molar-refractivity contribution >= 4 is 28.9 Å². The van der Waals surface area contributed by atoms with E-state index in [2.05, 4.69) is 10.5 Å². The van der Waals surface area contributed by atoms with Crippen LogP contribution in [0.2, 0.25) is 0 Å². The van der Waals surface area contributed by atoms with Crippen LogP contribution in [0.4, 0.5) is 27.7 Å². The summed E-state index contributed by atoms with van der Waals surface area (Å²) in [6, 6.07) is 17.7. The monoisotopic (exact) mass is 308 g/mol. The molecule has 0 bridgehead atoms. The van der Waals surface area contributed by atoms with E-state index >= 15 is 0 Å². The van der Waals surface area contributed by atoms with Crippen molar-refractivity contribution in [3.63, 3.8) is 0 Å². The van der Waals surface area contributed by atoms with Gasteiger partial charge < -0.3 is 10.3 Å². The quantitative estimate of drug-likeness (QED) is 0.718. The van der Waals surface area contributed by atoms with E-state index in [4.69, 9.17) is 10.3 Å². The number of anilines is 4. The minimum Gasteiger partial charge on any atom is -0.399 e. The van der Waals surface area contributed by atoms with Crippen molar-refractivity contribution in [1.29, 1.82) is 0 Å². The van der Waals surface area contributed by atoms with Crippen LogP contribution in [0.25, 0.3) is 0 Å². The van der Waals surface area contributed by atoms with Gasteiger partial charge in [-0.25, -0.2) is 4.79 Å². The number of aryl methyl sites for hydroxylation is 1. The summed E-state index contributed by atoms with van der Waals surface area (Å²) in [6.07, 6.45) is 0. The lowest BCUT2D eigenvalue weighted by atomic mass is 10.2. The summed E-state index contributed by atoms with van der Waals surface area (Å²) in [5, 5.41) is 6.51. The molecule has 0 aliphatic heterocycles. The first-order valence-corrected chi connectivity index (χ1v) is 7.08. The molecule has 116 valence electrons. The minimum atomic E-state index is -0.339. The van der Waals surface area contributed by atoms with Crippen molar-refractivity contribution in [3.8, 4) is 0 Å². The van der Waals surface area contributed by atoms with E-state index in [1.807, 2.05) is 30.3 Å². The largest absolute Gasteiger partial charge is 0.399 e. The van der Waals surface area contributed by atoms with E-state index in [0.717, 1.165) is 5.69 Å². The second-order valence-corrected chi connectivity index (χ2v) is 5.02. The number of nitrogen functional groups attached to an aromatic ring is 1. The molecule has 1 heterocycles. The van der Waals surface area contributed by atoms with Crippen LogP contribution in [-0.2, 0) is 0 Å². The first kappa shape index (κ1) is 14.6. The van der Waals surface area contributed by atoms with Crippen molar-refractivity contribution in [1.82, 2.24) is 5.16 Å². The maximum Gasteiger partial charge on any atom is 0.332 e. The zero-order valence-electron chi connectivity index (χ0n) is 12.6. The molecule has 0 atom stereocenters. The Morgan fingerprint density at radius 3 is 2.35 bits per heavy atom. The molecular weight excluding hydrogens is 292 g/mol. The third kappa shape index (κ3) is 3.32. The van der Waals surface area contributed by atoms with Gasteiger partial charge >= 0.3 is 6.03 Å². The van der Waals surface area contributed by atoms with Gasteiger partial charge in [0.05, 0.1) is 11.4 Å². The predicted molar refractivity (Wildman–Crippen MR) is 89.7 cm³/mol. The average molecular weight is 308 g/mol. The number of carbonyl (C=O) groups excluding carboxylic acids is 1. The molecule has 0 radical (unpaired) electrons. The Labute approximate surface area is 133 Å². The summed E-state index contributed by atoms with van der Waals surface area (Å²) in [4.78, 5) is 14.3. The molecule has 0 saturated heterocycles. The molecule has 3 rings (SSSR count). The zero-order chi connectivity index (χ0) is 16.2. The van der Waals surface area contributed by atoms with Crippen molar-refractivity contribution in [2.75, 3.05) is 16.0 Å². The molecule has 2 amide bonds. The molecule has 0 aliphatic carbocycles. The van der Waals surface area contributed by atoms with Crippen LogP contribution in [0.3, 0.4) is 0 Å². The molecule has 0 unspecified atom stereocenters. The summed E-state index contributed by atoms with van der Waals surface area (Å²) < 4.78 is 4.97. The Morgan fingerprint density at radius 1 is 1.09 bits per heavy atom. The molecule has 0 fully saturated rings. The number of hydrogen-bond donors (Lipinski definition) is 2. The first-order chi connectivity index (χ1) is 11.1. The second kappa shape index (κ2) is 6.23. The van der Waals surface area contributed by atoms with Gasteiger partial charge in [0.25, 0.3) is 0 Å². The number of para-hydroxylation sites is 1. The number of amides is 2. The Balaban J connectivity index is 1.94.